The highest BCUT2D eigenvalue weighted by Crippen LogP contribution is 2.30. The zero-order valence-electron chi connectivity index (χ0n) is 13.1. The summed E-state index contributed by atoms with van der Waals surface area (Å²) in [5, 5.41) is 10.7. The van der Waals surface area contributed by atoms with Crippen molar-refractivity contribution in [2.24, 2.45) is 0 Å². The molecule has 0 N–H and O–H groups in total. The summed E-state index contributed by atoms with van der Waals surface area (Å²) in [6.07, 6.45) is 5.98. The van der Waals surface area contributed by atoms with Gasteiger partial charge in [0.15, 0.2) is 0 Å². The van der Waals surface area contributed by atoms with Gasteiger partial charge >= 0.3 is 0 Å². The number of para-hydroxylation sites is 1. The van der Waals surface area contributed by atoms with Crippen LogP contribution < -0.4 is 0 Å². The minimum absolute atomic E-state index is 0.461. The van der Waals surface area contributed by atoms with E-state index in [0.29, 0.717) is 10.7 Å². The smallest absolute Gasteiger partial charge is 0.149 e. The van der Waals surface area contributed by atoms with Crippen LogP contribution >= 0.6 is 11.6 Å². The van der Waals surface area contributed by atoms with Gasteiger partial charge in [-0.25, -0.2) is 9.97 Å². The molecule has 1 aromatic carbocycles. The third-order valence-electron chi connectivity index (χ3n) is 4.49. The highest BCUT2D eigenvalue weighted by Gasteiger charge is 2.20. The fraction of sp³-hybridized carbons (Fsp3) is 0.278. The Morgan fingerprint density at radius 1 is 1.17 bits per heavy atom. The van der Waals surface area contributed by atoms with Crippen LogP contribution in [0.4, 0.5) is 0 Å². The molecule has 3 heterocycles. The number of rotatable bonds is 3. The van der Waals surface area contributed by atoms with E-state index in [1.807, 2.05) is 35.0 Å². The largest absolute Gasteiger partial charge is 0.300 e. The normalized spacial score (nSPS) is 15.0. The quantitative estimate of drug-likeness (QED) is 0.686. The third kappa shape index (κ3) is 2.54. The molecule has 0 bridgehead atoms. The first-order valence-corrected chi connectivity index (χ1v) is 8.38. The fourth-order valence-corrected chi connectivity index (χ4v) is 3.61. The van der Waals surface area contributed by atoms with Gasteiger partial charge in [0, 0.05) is 12.7 Å². The van der Waals surface area contributed by atoms with Crippen molar-refractivity contribution in [2.75, 3.05) is 13.1 Å². The van der Waals surface area contributed by atoms with Gasteiger partial charge in [0.25, 0.3) is 0 Å². The minimum atomic E-state index is 0.461. The predicted octanol–water partition coefficient (Wildman–Crippen LogP) is 3.54. The fourth-order valence-electron chi connectivity index (χ4n) is 3.36. The lowest BCUT2D eigenvalue weighted by Gasteiger charge is -2.13. The van der Waals surface area contributed by atoms with Crippen LogP contribution in [0.1, 0.15) is 24.0 Å². The van der Waals surface area contributed by atoms with Gasteiger partial charge in [-0.05, 0) is 43.6 Å². The lowest BCUT2D eigenvalue weighted by atomic mass is 10.2. The number of benzene rings is 1. The zero-order valence-corrected chi connectivity index (χ0v) is 13.9. The van der Waals surface area contributed by atoms with Gasteiger partial charge in [-0.15, -0.1) is 0 Å². The molecule has 6 heteroatoms. The zero-order chi connectivity index (χ0) is 16.5. The number of hydrogen-bond donors (Lipinski definition) is 0. The Hall–Kier alpha value is -2.42. The molecule has 0 amide bonds. The van der Waals surface area contributed by atoms with E-state index in [-0.39, 0.29) is 0 Å². The molecular weight excluding hydrogens is 322 g/mol. The van der Waals surface area contributed by atoms with Crippen LogP contribution in [0.5, 0.6) is 0 Å². The Kier molecular flexibility index (Phi) is 3.93. The van der Waals surface area contributed by atoms with Gasteiger partial charge in [-0.1, -0.05) is 23.7 Å². The Morgan fingerprint density at radius 2 is 1.96 bits per heavy atom. The molecule has 0 radical (unpaired) electrons. The van der Waals surface area contributed by atoms with Crippen molar-refractivity contribution >= 4 is 22.6 Å². The second-order valence-electron chi connectivity index (χ2n) is 6.00. The van der Waals surface area contributed by atoms with Gasteiger partial charge in [0.05, 0.1) is 16.6 Å². The number of halogens is 1. The number of aromatic nitrogens is 3. The summed E-state index contributed by atoms with van der Waals surface area (Å²) < 4.78 is 1.95. The maximum Gasteiger partial charge on any atom is 0.149 e. The predicted molar refractivity (Wildman–Crippen MR) is 93.1 cm³/mol. The molecule has 24 heavy (non-hydrogen) atoms. The van der Waals surface area contributed by atoms with E-state index in [1.165, 1.54) is 19.2 Å². The highest BCUT2D eigenvalue weighted by molar-refractivity contribution is 6.34. The number of nitrogens with zero attached hydrogens (tertiary/aromatic N) is 5. The molecule has 0 saturated carbocycles. The van der Waals surface area contributed by atoms with E-state index in [4.69, 9.17) is 11.6 Å². The van der Waals surface area contributed by atoms with Crippen LogP contribution in [0.25, 0.3) is 16.7 Å². The second kappa shape index (κ2) is 6.23. The van der Waals surface area contributed by atoms with Crippen molar-refractivity contribution in [3.8, 4) is 11.8 Å². The molecule has 0 spiro atoms. The van der Waals surface area contributed by atoms with Gasteiger partial charge < -0.3 is 0 Å². The standard InChI is InChI=1S/C18H16ClN5/c19-17-16-14(10-23-7-3-4-8-23)11-24(18(16)22-12-21-17)15-6-2-1-5-13(15)9-20/h1-2,5-6,11-12H,3-4,7-8,10H2. The summed E-state index contributed by atoms with van der Waals surface area (Å²) in [6, 6.07) is 9.77. The number of nitriles is 1. The van der Waals surface area contributed by atoms with E-state index >= 15 is 0 Å². The first kappa shape index (κ1) is 15.1. The number of likely N-dealkylation sites (tertiary alicyclic amines) is 1. The highest BCUT2D eigenvalue weighted by atomic mass is 35.5. The van der Waals surface area contributed by atoms with E-state index in [2.05, 4.69) is 20.9 Å². The molecule has 0 aliphatic carbocycles. The molecule has 1 aliphatic rings. The maximum atomic E-state index is 9.41. The van der Waals surface area contributed by atoms with Crippen LogP contribution in [-0.2, 0) is 6.54 Å². The molecule has 4 rings (SSSR count). The Morgan fingerprint density at radius 3 is 2.75 bits per heavy atom. The lowest BCUT2D eigenvalue weighted by molar-refractivity contribution is 0.332. The van der Waals surface area contributed by atoms with Crippen molar-refractivity contribution in [1.82, 2.24) is 19.4 Å². The molecule has 2 aromatic heterocycles. The Balaban J connectivity index is 1.90. The van der Waals surface area contributed by atoms with Crippen molar-refractivity contribution < 1.29 is 0 Å². The average Bonchev–Trinajstić information content (AvgIpc) is 3.24. The average molecular weight is 338 g/mol. The molecular formula is C18H16ClN5. The van der Waals surface area contributed by atoms with E-state index in [0.717, 1.165) is 41.9 Å². The first-order valence-electron chi connectivity index (χ1n) is 8.00. The summed E-state index contributed by atoms with van der Waals surface area (Å²) in [4.78, 5) is 11.0. The van der Waals surface area contributed by atoms with Gasteiger partial charge in [-0.3, -0.25) is 9.47 Å². The van der Waals surface area contributed by atoms with Crippen LogP contribution in [0, 0.1) is 11.3 Å². The van der Waals surface area contributed by atoms with Gasteiger partial charge in [-0.2, -0.15) is 5.26 Å². The summed E-state index contributed by atoms with van der Waals surface area (Å²) in [5.41, 5.74) is 3.27. The molecule has 0 atom stereocenters. The van der Waals surface area contributed by atoms with E-state index < -0.39 is 0 Å². The van der Waals surface area contributed by atoms with Crippen molar-refractivity contribution in [2.45, 2.75) is 19.4 Å². The lowest BCUT2D eigenvalue weighted by Crippen LogP contribution is -2.18. The van der Waals surface area contributed by atoms with E-state index in [9.17, 15) is 5.26 Å². The monoisotopic (exact) mass is 337 g/mol. The number of hydrogen-bond acceptors (Lipinski definition) is 4. The Bertz CT molecular complexity index is 934. The van der Waals surface area contributed by atoms with Crippen LogP contribution in [-0.4, -0.2) is 32.5 Å². The van der Waals surface area contributed by atoms with Crippen molar-refractivity contribution in [3.05, 3.63) is 53.1 Å². The van der Waals surface area contributed by atoms with Crippen LogP contribution in [0.15, 0.2) is 36.8 Å². The summed E-state index contributed by atoms with van der Waals surface area (Å²) in [6.45, 7) is 3.03. The molecule has 120 valence electrons. The van der Waals surface area contributed by atoms with Crippen LogP contribution in [0.3, 0.4) is 0 Å². The third-order valence-corrected chi connectivity index (χ3v) is 4.78. The molecule has 1 fully saturated rings. The van der Waals surface area contributed by atoms with Crippen LogP contribution in [0.2, 0.25) is 5.15 Å². The molecule has 1 aliphatic heterocycles. The Labute approximate surface area is 145 Å². The van der Waals surface area contributed by atoms with Gasteiger partial charge in [0.1, 0.15) is 23.2 Å². The summed E-state index contributed by atoms with van der Waals surface area (Å²) in [7, 11) is 0. The minimum Gasteiger partial charge on any atom is -0.300 e. The first-order chi connectivity index (χ1) is 11.8. The summed E-state index contributed by atoms with van der Waals surface area (Å²) >= 11 is 6.37. The second-order valence-corrected chi connectivity index (χ2v) is 6.36. The number of fused-ring (bicyclic) bond motifs is 1. The molecule has 1 saturated heterocycles. The SMILES string of the molecule is N#Cc1ccccc1-n1cc(CN2CCCC2)c2c(Cl)ncnc21. The molecule has 3 aromatic rings. The maximum absolute atomic E-state index is 9.41. The van der Waals surface area contributed by atoms with Crippen molar-refractivity contribution in [1.29, 1.82) is 5.26 Å². The summed E-state index contributed by atoms with van der Waals surface area (Å²) in [5.74, 6) is 0. The van der Waals surface area contributed by atoms with Crippen molar-refractivity contribution in [3.63, 3.8) is 0 Å². The topological polar surface area (TPSA) is 57.7 Å². The van der Waals surface area contributed by atoms with Gasteiger partial charge in [0.2, 0.25) is 0 Å². The molecule has 0 unspecified atom stereocenters. The molecule has 5 nitrogen and oxygen atoms in total. The van der Waals surface area contributed by atoms with E-state index in [1.54, 1.807) is 0 Å².